The van der Waals surface area contributed by atoms with Gasteiger partial charge in [-0.15, -0.1) is 0 Å². The van der Waals surface area contributed by atoms with E-state index in [9.17, 15) is 0 Å². The van der Waals surface area contributed by atoms with E-state index >= 15 is 0 Å². The molecule has 4 rings (SSSR count). The maximum atomic E-state index is 4.28. The Balaban J connectivity index is 1.42. The van der Waals surface area contributed by atoms with Crippen LogP contribution < -0.4 is 4.90 Å². The van der Waals surface area contributed by atoms with Crippen LogP contribution in [0.15, 0.2) is 55.2 Å². The van der Waals surface area contributed by atoms with Crippen molar-refractivity contribution in [2.24, 2.45) is 0 Å². The maximum absolute atomic E-state index is 4.28. The SMILES string of the molecule is c1cncc(CN2CCN(c3ccc4ncncc4c3)CC2)c1. The Morgan fingerprint density at radius 3 is 2.70 bits per heavy atom. The van der Waals surface area contributed by atoms with E-state index in [1.54, 1.807) is 6.33 Å². The summed E-state index contributed by atoms with van der Waals surface area (Å²) in [6, 6.07) is 10.6. The normalized spacial score (nSPS) is 15.9. The summed E-state index contributed by atoms with van der Waals surface area (Å²) in [4.78, 5) is 17.5. The fraction of sp³-hybridized carbons (Fsp3) is 0.278. The van der Waals surface area contributed by atoms with Crippen LogP contribution >= 0.6 is 0 Å². The number of benzene rings is 1. The van der Waals surface area contributed by atoms with E-state index in [1.807, 2.05) is 24.7 Å². The van der Waals surface area contributed by atoms with Crippen LogP contribution in [0.25, 0.3) is 10.9 Å². The number of aromatic nitrogens is 3. The standard InChI is InChI=1S/C18H19N5/c1-2-15(11-19-5-1)13-22-6-8-23(9-7-22)17-3-4-18-16(10-17)12-20-14-21-18/h1-5,10-12,14H,6-9,13H2. The Hall–Kier alpha value is -2.53. The highest BCUT2D eigenvalue weighted by Gasteiger charge is 2.17. The van der Waals surface area contributed by atoms with E-state index in [4.69, 9.17) is 0 Å². The summed E-state index contributed by atoms with van der Waals surface area (Å²) >= 11 is 0. The highest BCUT2D eigenvalue weighted by atomic mass is 15.3. The Morgan fingerprint density at radius 1 is 0.957 bits per heavy atom. The molecule has 0 radical (unpaired) electrons. The van der Waals surface area contributed by atoms with Crippen molar-refractivity contribution in [3.63, 3.8) is 0 Å². The molecule has 1 aliphatic heterocycles. The monoisotopic (exact) mass is 305 g/mol. The van der Waals surface area contributed by atoms with Gasteiger partial charge in [0.25, 0.3) is 0 Å². The minimum atomic E-state index is 0.979. The summed E-state index contributed by atoms with van der Waals surface area (Å²) in [5, 5.41) is 1.10. The van der Waals surface area contributed by atoms with Gasteiger partial charge in [0.1, 0.15) is 6.33 Å². The van der Waals surface area contributed by atoms with Crippen molar-refractivity contribution in [2.45, 2.75) is 6.54 Å². The molecule has 5 nitrogen and oxygen atoms in total. The fourth-order valence-corrected chi connectivity index (χ4v) is 3.08. The van der Waals surface area contributed by atoms with Gasteiger partial charge in [-0.05, 0) is 29.8 Å². The molecule has 0 atom stereocenters. The lowest BCUT2D eigenvalue weighted by molar-refractivity contribution is 0.249. The van der Waals surface area contributed by atoms with Gasteiger partial charge in [0.2, 0.25) is 0 Å². The van der Waals surface area contributed by atoms with Gasteiger partial charge < -0.3 is 4.90 Å². The highest BCUT2D eigenvalue weighted by Crippen LogP contribution is 2.21. The van der Waals surface area contributed by atoms with Gasteiger partial charge in [-0.3, -0.25) is 9.88 Å². The van der Waals surface area contributed by atoms with Crippen LogP contribution in [-0.2, 0) is 6.54 Å². The second kappa shape index (κ2) is 6.30. The number of piperazine rings is 1. The smallest absolute Gasteiger partial charge is 0.116 e. The first-order valence-electron chi connectivity index (χ1n) is 7.94. The van der Waals surface area contributed by atoms with E-state index < -0.39 is 0 Å². The summed E-state index contributed by atoms with van der Waals surface area (Å²) in [6.07, 6.45) is 7.25. The molecule has 0 saturated carbocycles. The number of rotatable bonds is 3. The molecule has 0 N–H and O–H groups in total. The third-order valence-electron chi connectivity index (χ3n) is 4.35. The molecule has 3 heterocycles. The Kier molecular flexibility index (Phi) is 3.86. The fourth-order valence-electron chi connectivity index (χ4n) is 3.08. The van der Waals surface area contributed by atoms with E-state index in [1.165, 1.54) is 11.3 Å². The van der Waals surface area contributed by atoms with E-state index in [0.29, 0.717) is 0 Å². The van der Waals surface area contributed by atoms with Crippen LogP contribution in [0.5, 0.6) is 0 Å². The first-order chi connectivity index (χ1) is 11.4. The highest BCUT2D eigenvalue weighted by molar-refractivity contribution is 5.81. The number of hydrogen-bond acceptors (Lipinski definition) is 5. The minimum absolute atomic E-state index is 0.979. The van der Waals surface area contributed by atoms with Crippen LogP contribution in [0.3, 0.4) is 0 Å². The van der Waals surface area contributed by atoms with Crippen molar-refractivity contribution in [1.29, 1.82) is 0 Å². The molecule has 1 aliphatic rings. The molecule has 2 aromatic heterocycles. The lowest BCUT2D eigenvalue weighted by Gasteiger charge is -2.36. The summed E-state index contributed by atoms with van der Waals surface area (Å²) in [5.41, 5.74) is 3.54. The molecule has 3 aromatic rings. The molecule has 0 bridgehead atoms. The molecule has 0 aliphatic carbocycles. The summed E-state index contributed by atoms with van der Waals surface area (Å²) < 4.78 is 0. The third-order valence-corrected chi connectivity index (χ3v) is 4.35. The third kappa shape index (κ3) is 3.14. The zero-order valence-corrected chi connectivity index (χ0v) is 13.0. The quantitative estimate of drug-likeness (QED) is 0.743. The lowest BCUT2D eigenvalue weighted by atomic mass is 10.2. The van der Waals surface area contributed by atoms with Gasteiger partial charge in [0.05, 0.1) is 5.52 Å². The molecule has 0 unspecified atom stereocenters. The largest absolute Gasteiger partial charge is 0.369 e. The van der Waals surface area contributed by atoms with Crippen LogP contribution in [0.4, 0.5) is 5.69 Å². The van der Waals surface area contributed by atoms with Crippen LogP contribution in [0.1, 0.15) is 5.56 Å². The van der Waals surface area contributed by atoms with Gasteiger partial charge in [-0.1, -0.05) is 6.07 Å². The van der Waals surface area contributed by atoms with Crippen LogP contribution in [0.2, 0.25) is 0 Å². The summed E-state index contributed by atoms with van der Waals surface area (Å²) in [5.74, 6) is 0. The average molecular weight is 305 g/mol. The summed E-state index contributed by atoms with van der Waals surface area (Å²) in [6.45, 7) is 5.20. The average Bonchev–Trinajstić information content (AvgIpc) is 2.63. The van der Waals surface area contributed by atoms with Gasteiger partial charge in [-0.2, -0.15) is 0 Å². The minimum Gasteiger partial charge on any atom is -0.369 e. The van der Waals surface area contributed by atoms with Crippen LogP contribution in [-0.4, -0.2) is 46.0 Å². The Morgan fingerprint density at radius 2 is 1.87 bits per heavy atom. The second-order valence-electron chi connectivity index (χ2n) is 5.89. The molecule has 1 fully saturated rings. The first kappa shape index (κ1) is 14.1. The number of anilines is 1. The van der Waals surface area contributed by atoms with Crippen molar-refractivity contribution in [1.82, 2.24) is 19.9 Å². The zero-order chi connectivity index (χ0) is 15.5. The molecule has 0 amide bonds. The predicted molar refractivity (Wildman–Crippen MR) is 91.3 cm³/mol. The van der Waals surface area contributed by atoms with Crippen molar-refractivity contribution >= 4 is 16.6 Å². The first-order valence-corrected chi connectivity index (χ1v) is 7.94. The number of nitrogens with zero attached hydrogens (tertiary/aromatic N) is 5. The van der Waals surface area contributed by atoms with Gasteiger partial charge in [0, 0.05) is 62.4 Å². The lowest BCUT2D eigenvalue weighted by Crippen LogP contribution is -2.45. The van der Waals surface area contributed by atoms with Gasteiger partial charge in [-0.25, -0.2) is 9.97 Å². The molecule has 5 heteroatoms. The molecule has 23 heavy (non-hydrogen) atoms. The molecule has 0 spiro atoms. The van der Waals surface area contributed by atoms with Crippen molar-refractivity contribution in [2.75, 3.05) is 31.1 Å². The Labute approximate surface area is 135 Å². The maximum Gasteiger partial charge on any atom is 0.116 e. The molecule has 116 valence electrons. The van der Waals surface area contributed by atoms with Gasteiger partial charge in [0.15, 0.2) is 0 Å². The van der Waals surface area contributed by atoms with E-state index in [-0.39, 0.29) is 0 Å². The topological polar surface area (TPSA) is 45.2 Å². The summed E-state index contributed by atoms with van der Waals surface area (Å²) in [7, 11) is 0. The zero-order valence-electron chi connectivity index (χ0n) is 13.0. The van der Waals surface area contributed by atoms with E-state index in [2.05, 4.69) is 49.0 Å². The Bertz CT molecular complexity index is 782. The molecular formula is C18H19N5. The predicted octanol–water partition coefficient (Wildman–Crippen LogP) is 2.35. The number of pyridine rings is 1. The van der Waals surface area contributed by atoms with E-state index in [0.717, 1.165) is 43.6 Å². The molecular weight excluding hydrogens is 286 g/mol. The second-order valence-corrected chi connectivity index (χ2v) is 5.89. The number of hydrogen-bond donors (Lipinski definition) is 0. The van der Waals surface area contributed by atoms with Crippen LogP contribution in [0, 0.1) is 0 Å². The molecule has 1 saturated heterocycles. The van der Waals surface area contributed by atoms with Crippen molar-refractivity contribution < 1.29 is 0 Å². The van der Waals surface area contributed by atoms with Crippen molar-refractivity contribution in [3.8, 4) is 0 Å². The molecule has 1 aromatic carbocycles. The number of fused-ring (bicyclic) bond motifs is 1. The van der Waals surface area contributed by atoms with Gasteiger partial charge >= 0.3 is 0 Å². The van der Waals surface area contributed by atoms with Crippen molar-refractivity contribution in [3.05, 3.63) is 60.8 Å².